The van der Waals surface area contributed by atoms with Gasteiger partial charge in [-0.15, -0.1) is 0 Å². The molecule has 30 heavy (non-hydrogen) atoms. The molecule has 1 heterocycles. The summed E-state index contributed by atoms with van der Waals surface area (Å²) in [4.78, 5) is 24.2. The zero-order valence-electron chi connectivity index (χ0n) is 16.0. The van der Waals surface area contributed by atoms with Gasteiger partial charge in [-0.2, -0.15) is 4.31 Å². The molecule has 1 fully saturated rings. The highest BCUT2D eigenvalue weighted by Gasteiger charge is 2.34. The van der Waals surface area contributed by atoms with Crippen LogP contribution in [0.1, 0.15) is 12.8 Å². The van der Waals surface area contributed by atoms with E-state index in [1.807, 2.05) is 0 Å². The molecular formula is C20H21FN2O6S. The zero-order chi connectivity index (χ0) is 21.7. The number of para-hydroxylation sites is 2. The van der Waals surface area contributed by atoms with Gasteiger partial charge in [-0.05, 0) is 49.2 Å². The molecule has 0 aromatic heterocycles. The smallest absolute Gasteiger partial charge is 0.310 e. The van der Waals surface area contributed by atoms with Crippen LogP contribution in [0.4, 0.5) is 10.1 Å². The van der Waals surface area contributed by atoms with Crippen molar-refractivity contribution in [2.75, 3.05) is 25.0 Å². The number of esters is 1. The Kier molecular flexibility index (Phi) is 6.68. The van der Waals surface area contributed by atoms with Gasteiger partial charge in [0.1, 0.15) is 11.6 Å². The number of rotatable bonds is 6. The van der Waals surface area contributed by atoms with Crippen LogP contribution < -0.4 is 5.32 Å². The maximum absolute atomic E-state index is 13.1. The summed E-state index contributed by atoms with van der Waals surface area (Å²) in [5.74, 6) is -2.69. The van der Waals surface area contributed by atoms with E-state index in [0.29, 0.717) is 12.8 Å². The van der Waals surface area contributed by atoms with Gasteiger partial charge in [-0.1, -0.05) is 12.1 Å². The third-order valence-corrected chi connectivity index (χ3v) is 6.57. The number of nitrogens with one attached hydrogen (secondary N) is 1. The largest absolute Gasteiger partial charge is 0.506 e. The van der Waals surface area contributed by atoms with Gasteiger partial charge in [0, 0.05) is 13.1 Å². The molecule has 10 heteroatoms. The number of phenolic OH excluding ortho intramolecular Hbond substituents is 1. The summed E-state index contributed by atoms with van der Waals surface area (Å²) in [6.45, 7) is -0.411. The Morgan fingerprint density at radius 3 is 2.57 bits per heavy atom. The van der Waals surface area contributed by atoms with Crippen LogP contribution in [-0.4, -0.2) is 49.4 Å². The number of nitrogens with zero attached hydrogens (tertiary/aromatic N) is 1. The monoisotopic (exact) mass is 436 g/mol. The average Bonchev–Trinajstić information content (AvgIpc) is 2.74. The molecule has 2 N–H and O–H groups in total. The quantitative estimate of drug-likeness (QED) is 0.530. The van der Waals surface area contributed by atoms with Crippen molar-refractivity contribution in [2.45, 2.75) is 17.7 Å². The van der Waals surface area contributed by atoms with Crippen molar-refractivity contribution < 1.29 is 32.2 Å². The van der Waals surface area contributed by atoms with Gasteiger partial charge in [0.25, 0.3) is 5.91 Å². The van der Waals surface area contributed by atoms with Gasteiger partial charge < -0.3 is 15.2 Å². The number of carbonyl (C=O) groups is 2. The summed E-state index contributed by atoms with van der Waals surface area (Å²) in [6.07, 6.45) is 0.875. The molecule has 8 nitrogen and oxygen atoms in total. The van der Waals surface area contributed by atoms with E-state index < -0.39 is 40.2 Å². The highest BCUT2D eigenvalue weighted by atomic mass is 32.2. The van der Waals surface area contributed by atoms with Crippen molar-refractivity contribution >= 4 is 27.6 Å². The van der Waals surface area contributed by atoms with E-state index in [1.165, 1.54) is 24.3 Å². The summed E-state index contributed by atoms with van der Waals surface area (Å²) >= 11 is 0. The molecular weight excluding hydrogens is 415 g/mol. The van der Waals surface area contributed by atoms with E-state index in [2.05, 4.69) is 5.32 Å². The van der Waals surface area contributed by atoms with E-state index >= 15 is 0 Å². The van der Waals surface area contributed by atoms with Gasteiger partial charge in [-0.25, -0.2) is 12.8 Å². The van der Waals surface area contributed by atoms with Gasteiger partial charge in [0.2, 0.25) is 10.0 Å². The third-order valence-electron chi connectivity index (χ3n) is 4.69. The first kappa shape index (κ1) is 21.7. The maximum atomic E-state index is 13.1. The molecule has 1 aliphatic heterocycles. The van der Waals surface area contributed by atoms with Crippen molar-refractivity contribution in [2.24, 2.45) is 5.92 Å². The molecule has 2 aromatic rings. The number of halogens is 1. The van der Waals surface area contributed by atoms with Gasteiger partial charge in [0.15, 0.2) is 6.61 Å². The SMILES string of the molecule is O=C(COC(=O)[C@H]1CCCN(S(=O)(=O)c2ccc(F)cc2)C1)Nc1ccccc1O. The molecule has 160 valence electrons. The third kappa shape index (κ3) is 5.14. The molecule has 1 amide bonds. The Morgan fingerprint density at radius 1 is 1.17 bits per heavy atom. The number of sulfonamides is 1. The first-order chi connectivity index (χ1) is 14.3. The number of piperidine rings is 1. The summed E-state index contributed by atoms with van der Waals surface area (Å²) in [5.41, 5.74) is 0.188. The van der Waals surface area contributed by atoms with Gasteiger partial charge in [-0.3, -0.25) is 9.59 Å². The number of amides is 1. The molecule has 0 saturated carbocycles. The first-order valence-electron chi connectivity index (χ1n) is 9.27. The van der Waals surface area contributed by atoms with Crippen molar-refractivity contribution in [3.8, 4) is 5.75 Å². The number of anilines is 1. The van der Waals surface area contributed by atoms with E-state index in [1.54, 1.807) is 12.1 Å². The summed E-state index contributed by atoms with van der Waals surface area (Å²) in [6, 6.07) is 10.6. The summed E-state index contributed by atoms with van der Waals surface area (Å²) in [7, 11) is -3.87. The number of phenols is 1. The number of hydrogen-bond donors (Lipinski definition) is 2. The van der Waals surface area contributed by atoms with Crippen LogP contribution in [0.2, 0.25) is 0 Å². The van der Waals surface area contributed by atoms with Crippen LogP contribution in [0.5, 0.6) is 5.75 Å². The van der Waals surface area contributed by atoms with E-state index in [0.717, 1.165) is 16.4 Å². The second-order valence-corrected chi connectivity index (χ2v) is 8.77. The Bertz CT molecular complexity index is 1030. The van der Waals surface area contributed by atoms with E-state index in [9.17, 15) is 27.5 Å². The Hall–Kier alpha value is -2.98. The highest BCUT2D eigenvalue weighted by molar-refractivity contribution is 7.89. The fourth-order valence-electron chi connectivity index (χ4n) is 3.13. The number of benzene rings is 2. The lowest BCUT2D eigenvalue weighted by molar-refractivity contribution is -0.152. The molecule has 3 rings (SSSR count). The second kappa shape index (κ2) is 9.23. The van der Waals surface area contributed by atoms with Crippen LogP contribution in [0.15, 0.2) is 53.4 Å². The highest BCUT2D eigenvalue weighted by Crippen LogP contribution is 2.25. The summed E-state index contributed by atoms with van der Waals surface area (Å²) < 4.78 is 44.7. The van der Waals surface area contributed by atoms with Crippen LogP contribution >= 0.6 is 0 Å². The molecule has 1 aliphatic rings. The number of hydrogen-bond acceptors (Lipinski definition) is 6. The summed E-state index contributed by atoms with van der Waals surface area (Å²) in [5, 5.41) is 12.1. The minimum absolute atomic E-state index is 0.0556. The molecule has 0 spiro atoms. The molecule has 2 aromatic carbocycles. The van der Waals surface area contributed by atoms with Crippen LogP contribution in [0, 0.1) is 11.7 Å². The maximum Gasteiger partial charge on any atom is 0.310 e. The fraction of sp³-hybridized carbons (Fsp3) is 0.300. The van der Waals surface area contributed by atoms with Crippen molar-refractivity contribution in [1.82, 2.24) is 4.31 Å². The number of aromatic hydroxyl groups is 1. The predicted molar refractivity (Wildman–Crippen MR) is 106 cm³/mol. The Balaban J connectivity index is 1.57. The van der Waals surface area contributed by atoms with Crippen LogP contribution in [0.3, 0.4) is 0 Å². The fourth-order valence-corrected chi connectivity index (χ4v) is 4.65. The zero-order valence-corrected chi connectivity index (χ0v) is 16.8. The predicted octanol–water partition coefficient (Wildman–Crippen LogP) is 2.11. The molecule has 0 bridgehead atoms. The number of ether oxygens (including phenoxy) is 1. The van der Waals surface area contributed by atoms with Crippen LogP contribution in [0.25, 0.3) is 0 Å². The van der Waals surface area contributed by atoms with E-state index in [4.69, 9.17) is 4.74 Å². The lowest BCUT2D eigenvalue weighted by Gasteiger charge is -2.30. The van der Waals surface area contributed by atoms with Gasteiger partial charge in [0.05, 0.1) is 16.5 Å². The van der Waals surface area contributed by atoms with E-state index in [-0.39, 0.29) is 29.4 Å². The van der Waals surface area contributed by atoms with Crippen molar-refractivity contribution in [3.05, 3.63) is 54.3 Å². The van der Waals surface area contributed by atoms with Crippen molar-refractivity contribution in [3.63, 3.8) is 0 Å². The Morgan fingerprint density at radius 2 is 1.87 bits per heavy atom. The molecule has 0 aliphatic carbocycles. The standard InChI is InChI=1S/C20H21FN2O6S/c21-15-7-9-16(10-8-15)30(27,28)23-11-3-4-14(12-23)20(26)29-13-19(25)22-17-5-1-2-6-18(17)24/h1-2,5-10,14,24H,3-4,11-13H2,(H,22,25)/t14-/m0/s1. The normalized spacial score (nSPS) is 17.3. The second-order valence-electron chi connectivity index (χ2n) is 6.83. The minimum atomic E-state index is -3.87. The average molecular weight is 436 g/mol. The molecule has 1 saturated heterocycles. The lowest BCUT2D eigenvalue weighted by Crippen LogP contribution is -2.43. The number of carbonyl (C=O) groups excluding carboxylic acids is 2. The van der Waals surface area contributed by atoms with Gasteiger partial charge >= 0.3 is 5.97 Å². The minimum Gasteiger partial charge on any atom is -0.506 e. The first-order valence-corrected chi connectivity index (χ1v) is 10.7. The lowest BCUT2D eigenvalue weighted by atomic mass is 10.00. The van der Waals surface area contributed by atoms with Crippen LogP contribution in [-0.2, 0) is 24.3 Å². The Labute approximate surface area is 173 Å². The molecule has 1 atom stereocenters. The topological polar surface area (TPSA) is 113 Å². The molecule has 0 radical (unpaired) electrons. The van der Waals surface area contributed by atoms with Crippen molar-refractivity contribution in [1.29, 1.82) is 0 Å². The molecule has 0 unspecified atom stereocenters.